The van der Waals surface area contributed by atoms with Crippen LogP contribution in [0.1, 0.15) is 36.8 Å². The van der Waals surface area contributed by atoms with Crippen LogP contribution in [-0.2, 0) is 16.2 Å². The van der Waals surface area contributed by atoms with Gasteiger partial charge in [0.15, 0.2) is 0 Å². The standard InChI is InChI=1S/C24H25N5OS/c1-2-31(30)19-3-4-20-22(10-19)29(15-24(20)6-7-24)23-27-13-18(14-28-23)21-9-16(5-8-26-21)17-11-25-12-17/h3-5,8-10,13-14,17,25H,2,6-7,11-12,15H2,1H3. The number of nitrogens with one attached hydrogen (secondary N) is 1. The molecule has 31 heavy (non-hydrogen) atoms. The highest BCUT2D eigenvalue weighted by Gasteiger charge is 2.52. The molecule has 1 aromatic carbocycles. The van der Waals surface area contributed by atoms with Crippen LogP contribution in [0.4, 0.5) is 11.6 Å². The summed E-state index contributed by atoms with van der Waals surface area (Å²) in [6.45, 7) is 4.90. The summed E-state index contributed by atoms with van der Waals surface area (Å²) >= 11 is 0. The van der Waals surface area contributed by atoms with Crippen LogP contribution in [0.25, 0.3) is 11.3 Å². The summed E-state index contributed by atoms with van der Waals surface area (Å²) in [5.74, 6) is 1.89. The lowest BCUT2D eigenvalue weighted by Gasteiger charge is -2.27. The topological polar surface area (TPSA) is 71.0 Å². The minimum Gasteiger partial charge on any atom is -0.315 e. The van der Waals surface area contributed by atoms with Crippen molar-refractivity contribution in [2.24, 2.45) is 0 Å². The molecular weight excluding hydrogens is 406 g/mol. The highest BCUT2D eigenvalue weighted by atomic mass is 32.2. The first-order chi connectivity index (χ1) is 15.2. The van der Waals surface area contributed by atoms with Crippen LogP contribution >= 0.6 is 0 Å². The van der Waals surface area contributed by atoms with Crippen LogP contribution < -0.4 is 10.2 Å². The summed E-state index contributed by atoms with van der Waals surface area (Å²) < 4.78 is 12.4. The van der Waals surface area contributed by atoms with E-state index in [9.17, 15) is 4.21 Å². The average Bonchev–Trinajstić information content (AvgIpc) is 3.49. The Morgan fingerprint density at radius 3 is 2.61 bits per heavy atom. The van der Waals surface area contributed by atoms with E-state index in [4.69, 9.17) is 9.97 Å². The van der Waals surface area contributed by atoms with Crippen molar-refractivity contribution >= 4 is 22.4 Å². The van der Waals surface area contributed by atoms with Crippen LogP contribution in [0.5, 0.6) is 0 Å². The Kier molecular flexibility index (Phi) is 4.43. The average molecular weight is 432 g/mol. The van der Waals surface area contributed by atoms with Gasteiger partial charge in [-0.2, -0.15) is 0 Å². The van der Waals surface area contributed by atoms with Crippen LogP contribution in [0.3, 0.4) is 0 Å². The van der Waals surface area contributed by atoms with E-state index in [1.165, 1.54) is 24.0 Å². The van der Waals surface area contributed by atoms with Crippen molar-refractivity contribution in [3.8, 4) is 11.3 Å². The fourth-order valence-corrected chi connectivity index (χ4v) is 5.49. The molecule has 1 saturated heterocycles. The SMILES string of the molecule is CCS(=O)c1ccc2c(c1)N(c1ncc(-c3cc(C4CNC4)ccn3)cn1)CC21CC1. The van der Waals surface area contributed by atoms with Crippen molar-refractivity contribution in [2.75, 3.05) is 30.3 Å². The van der Waals surface area contributed by atoms with Crippen molar-refractivity contribution in [1.29, 1.82) is 0 Å². The molecular formula is C24H25N5OS. The lowest BCUT2D eigenvalue weighted by Crippen LogP contribution is -2.39. The van der Waals surface area contributed by atoms with Crippen molar-refractivity contribution in [3.05, 3.63) is 60.0 Å². The molecule has 3 aliphatic rings. The second-order valence-corrected chi connectivity index (χ2v) is 10.5. The Morgan fingerprint density at radius 2 is 1.94 bits per heavy atom. The number of pyridine rings is 1. The van der Waals surface area contributed by atoms with E-state index in [0.29, 0.717) is 17.6 Å². The van der Waals surface area contributed by atoms with Gasteiger partial charge >= 0.3 is 0 Å². The predicted octanol–water partition coefficient (Wildman–Crippen LogP) is 3.54. The Bertz CT molecular complexity index is 1170. The summed E-state index contributed by atoms with van der Waals surface area (Å²) in [6.07, 6.45) is 8.01. The largest absolute Gasteiger partial charge is 0.315 e. The zero-order chi connectivity index (χ0) is 21.0. The zero-order valence-electron chi connectivity index (χ0n) is 17.5. The monoisotopic (exact) mass is 431 g/mol. The molecule has 1 atom stereocenters. The third-order valence-electron chi connectivity index (χ3n) is 6.88. The minimum absolute atomic E-state index is 0.219. The molecule has 1 aliphatic carbocycles. The van der Waals surface area contributed by atoms with Gasteiger partial charge in [0.2, 0.25) is 5.95 Å². The summed E-state index contributed by atoms with van der Waals surface area (Å²) in [5.41, 5.74) is 5.84. The van der Waals surface area contributed by atoms with Gasteiger partial charge in [-0.05, 0) is 48.2 Å². The first-order valence-corrected chi connectivity index (χ1v) is 12.3. The normalized spacial score (nSPS) is 19.8. The lowest BCUT2D eigenvalue weighted by atomic mass is 9.93. The number of nitrogens with zero attached hydrogens (tertiary/aromatic N) is 4. The minimum atomic E-state index is -0.970. The molecule has 6 rings (SSSR count). The number of anilines is 2. The van der Waals surface area contributed by atoms with E-state index >= 15 is 0 Å². The molecule has 1 unspecified atom stereocenters. The number of rotatable bonds is 5. The van der Waals surface area contributed by atoms with E-state index in [-0.39, 0.29) is 5.41 Å². The molecule has 158 valence electrons. The molecule has 0 amide bonds. The molecule has 1 N–H and O–H groups in total. The van der Waals surface area contributed by atoms with Gasteiger partial charge in [0.25, 0.3) is 0 Å². The van der Waals surface area contributed by atoms with Gasteiger partial charge in [0.1, 0.15) is 0 Å². The maximum absolute atomic E-state index is 12.4. The Balaban J connectivity index is 1.32. The van der Waals surface area contributed by atoms with Crippen LogP contribution in [0.2, 0.25) is 0 Å². The number of fused-ring (bicyclic) bond motifs is 2. The fourth-order valence-electron chi connectivity index (χ4n) is 4.70. The number of benzene rings is 1. The molecule has 2 fully saturated rings. The summed E-state index contributed by atoms with van der Waals surface area (Å²) in [6, 6.07) is 10.5. The molecule has 2 aromatic heterocycles. The van der Waals surface area contributed by atoms with Crippen LogP contribution in [0, 0.1) is 0 Å². The molecule has 1 spiro atoms. The third kappa shape index (κ3) is 3.18. The van der Waals surface area contributed by atoms with E-state index in [0.717, 1.165) is 41.5 Å². The van der Waals surface area contributed by atoms with E-state index in [2.05, 4.69) is 39.5 Å². The molecule has 4 heterocycles. The number of hydrogen-bond donors (Lipinski definition) is 1. The Labute approximate surface area is 184 Å². The van der Waals surface area contributed by atoms with E-state index < -0.39 is 10.8 Å². The van der Waals surface area contributed by atoms with Gasteiger partial charge in [-0.15, -0.1) is 0 Å². The molecule has 0 bridgehead atoms. The van der Waals surface area contributed by atoms with E-state index in [1.807, 2.05) is 31.6 Å². The van der Waals surface area contributed by atoms with Gasteiger partial charge < -0.3 is 10.2 Å². The van der Waals surface area contributed by atoms with Crippen LogP contribution in [-0.4, -0.2) is 44.5 Å². The van der Waals surface area contributed by atoms with Gasteiger partial charge in [0.05, 0.1) is 16.5 Å². The zero-order valence-corrected chi connectivity index (χ0v) is 18.4. The molecule has 2 aliphatic heterocycles. The number of hydrogen-bond acceptors (Lipinski definition) is 6. The second-order valence-electron chi connectivity index (χ2n) is 8.78. The van der Waals surface area contributed by atoms with Gasteiger partial charge in [-0.3, -0.25) is 9.19 Å². The van der Waals surface area contributed by atoms with E-state index in [1.54, 1.807) is 0 Å². The molecule has 7 heteroatoms. The van der Waals surface area contributed by atoms with Crippen molar-refractivity contribution in [2.45, 2.75) is 36.0 Å². The molecule has 1 saturated carbocycles. The highest BCUT2D eigenvalue weighted by molar-refractivity contribution is 7.85. The Hall–Kier alpha value is -2.64. The second kappa shape index (κ2) is 7.21. The lowest BCUT2D eigenvalue weighted by molar-refractivity contribution is 0.448. The first-order valence-electron chi connectivity index (χ1n) is 11.0. The Morgan fingerprint density at radius 1 is 1.13 bits per heavy atom. The van der Waals surface area contributed by atoms with Gasteiger partial charge in [0, 0.05) is 71.5 Å². The maximum Gasteiger partial charge on any atom is 0.229 e. The molecule has 6 nitrogen and oxygen atoms in total. The van der Waals surface area contributed by atoms with Crippen molar-refractivity contribution in [3.63, 3.8) is 0 Å². The summed E-state index contributed by atoms with van der Waals surface area (Å²) in [7, 11) is -0.970. The van der Waals surface area contributed by atoms with Crippen molar-refractivity contribution < 1.29 is 4.21 Å². The number of aromatic nitrogens is 3. The van der Waals surface area contributed by atoms with Gasteiger partial charge in [-0.25, -0.2) is 9.97 Å². The summed E-state index contributed by atoms with van der Waals surface area (Å²) in [5, 5.41) is 3.32. The van der Waals surface area contributed by atoms with Crippen LogP contribution in [0.15, 0.2) is 53.8 Å². The summed E-state index contributed by atoms with van der Waals surface area (Å²) in [4.78, 5) is 17.1. The molecule has 3 aromatic rings. The highest BCUT2D eigenvalue weighted by Crippen LogP contribution is 2.57. The molecule has 0 radical (unpaired) electrons. The van der Waals surface area contributed by atoms with Gasteiger partial charge in [-0.1, -0.05) is 13.0 Å². The first kappa shape index (κ1) is 19.1. The quantitative estimate of drug-likeness (QED) is 0.666. The predicted molar refractivity (Wildman–Crippen MR) is 122 cm³/mol. The third-order valence-corrected chi connectivity index (χ3v) is 8.19. The fraction of sp³-hybridized carbons (Fsp3) is 0.375. The smallest absolute Gasteiger partial charge is 0.229 e. The maximum atomic E-state index is 12.4. The van der Waals surface area contributed by atoms with Crippen molar-refractivity contribution in [1.82, 2.24) is 20.3 Å².